The van der Waals surface area contributed by atoms with E-state index in [1.54, 1.807) is 21.1 Å². The van der Waals surface area contributed by atoms with Crippen molar-refractivity contribution in [3.8, 4) is 0 Å². The zero-order valence-electron chi connectivity index (χ0n) is 9.62. The van der Waals surface area contributed by atoms with Gasteiger partial charge in [-0.25, -0.2) is 4.79 Å². The molecule has 4 N–H and O–H groups in total. The van der Waals surface area contributed by atoms with Crippen molar-refractivity contribution in [2.45, 2.75) is 18.5 Å². The summed E-state index contributed by atoms with van der Waals surface area (Å²) in [7, 11) is 0.873. The van der Waals surface area contributed by atoms with Gasteiger partial charge in [-0.15, -0.1) is 0 Å². The van der Waals surface area contributed by atoms with Gasteiger partial charge in [0.25, 0.3) is 10.1 Å². The van der Waals surface area contributed by atoms with Crippen molar-refractivity contribution < 1.29 is 27.4 Å². The third-order valence-corrected chi connectivity index (χ3v) is 2.95. The Labute approximate surface area is 95.2 Å². The van der Waals surface area contributed by atoms with Crippen LogP contribution in [0, 0.1) is 0 Å². The third kappa shape index (κ3) is 5.40. The van der Waals surface area contributed by atoms with Crippen molar-refractivity contribution in [3.63, 3.8) is 0 Å². The zero-order chi connectivity index (χ0) is 13.1. The van der Waals surface area contributed by atoms with Crippen LogP contribution in [0.2, 0.25) is 0 Å². The van der Waals surface area contributed by atoms with Gasteiger partial charge in [0, 0.05) is 0 Å². The summed E-state index contributed by atoms with van der Waals surface area (Å²) in [5.74, 6) is -1.62. The first-order valence-electron chi connectivity index (χ1n) is 4.70. The van der Waals surface area contributed by atoms with Gasteiger partial charge in [0.15, 0.2) is 0 Å². The predicted octanol–water partition coefficient (Wildman–Crippen LogP) is -1.25. The summed E-state index contributed by atoms with van der Waals surface area (Å²) in [5, 5.41) is 9.00. The molecule has 2 unspecified atom stereocenters. The molecule has 0 rings (SSSR count). The van der Waals surface area contributed by atoms with Crippen LogP contribution in [0.3, 0.4) is 0 Å². The first-order valence-corrected chi connectivity index (χ1v) is 6.30. The van der Waals surface area contributed by atoms with E-state index in [-0.39, 0.29) is 10.9 Å². The van der Waals surface area contributed by atoms with E-state index in [0.29, 0.717) is 0 Å². The summed E-state index contributed by atoms with van der Waals surface area (Å²) >= 11 is 0. The number of quaternary nitrogens is 1. The molecule has 2 atom stereocenters. The fourth-order valence-corrected chi connectivity index (χ4v) is 2.10. The van der Waals surface area contributed by atoms with E-state index in [4.69, 9.17) is 15.4 Å². The number of carboxylic acids is 1. The number of carbonyl (C=O) groups is 1. The second-order valence-corrected chi connectivity index (χ2v) is 6.21. The fraction of sp³-hybridized carbons (Fsp3) is 0.875. The Hall–Kier alpha value is -0.700. The number of rotatable bonds is 6. The van der Waals surface area contributed by atoms with E-state index in [0.717, 1.165) is 0 Å². The van der Waals surface area contributed by atoms with Crippen LogP contribution in [-0.4, -0.2) is 67.5 Å². The van der Waals surface area contributed by atoms with Gasteiger partial charge in [0.2, 0.25) is 6.04 Å². The zero-order valence-corrected chi connectivity index (χ0v) is 10.4. The quantitative estimate of drug-likeness (QED) is 0.403. The number of hydrogen-bond acceptors (Lipinski definition) is 4. The van der Waals surface area contributed by atoms with Gasteiger partial charge in [0.05, 0.1) is 32.9 Å². The number of carboxylic acid groups (broad SMARTS) is 1. The molecular weight excluding hydrogens is 236 g/mol. The fourth-order valence-electron chi connectivity index (χ4n) is 1.53. The molecule has 0 aliphatic carbocycles. The van der Waals surface area contributed by atoms with Gasteiger partial charge in [-0.3, -0.25) is 4.55 Å². The Morgan fingerprint density at radius 3 is 2.06 bits per heavy atom. The molecule has 0 aromatic carbocycles. The summed E-state index contributed by atoms with van der Waals surface area (Å²) in [6, 6.07) is -1.75. The normalized spacial score (nSPS) is 16.8. The maximum Gasteiger partial charge on any atom is 0.364 e. The second kappa shape index (κ2) is 5.09. The van der Waals surface area contributed by atoms with Crippen molar-refractivity contribution in [1.82, 2.24) is 0 Å². The van der Waals surface area contributed by atoms with Crippen LogP contribution in [0.15, 0.2) is 0 Å². The molecule has 16 heavy (non-hydrogen) atoms. The maximum atomic E-state index is 11.0. The molecule has 0 radical (unpaired) electrons. The molecule has 0 saturated heterocycles. The molecule has 0 amide bonds. The molecule has 0 aromatic heterocycles. The Morgan fingerprint density at radius 1 is 1.38 bits per heavy atom. The molecule has 0 spiro atoms. The van der Waals surface area contributed by atoms with Crippen molar-refractivity contribution in [1.29, 1.82) is 0 Å². The minimum absolute atomic E-state index is 0.0853. The highest BCUT2D eigenvalue weighted by Crippen LogP contribution is 2.10. The van der Waals surface area contributed by atoms with Gasteiger partial charge >= 0.3 is 5.97 Å². The van der Waals surface area contributed by atoms with Crippen molar-refractivity contribution >= 4 is 16.1 Å². The Morgan fingerprint density at radius 2 is 1.81 bits per heavy atom. The molecule has 0 aromatic rings. The predicted molar refractivity (Wildman–Crippen MR) is 58.5 cm³/mol. The molecule has 0 bridgehead atoms. The summed E-state index contributed by atoms with van der Waals surface area (Å²) in [4.78, 5) is 11.0. The highest BCUT2D eigenvalue weighted by Gasteiger charge is 2.37. The lowest BCUT2D eigenvalue weighted by Gasteiger charge is -2.34. The summed E-state index contributed by atoms with van der Waals surface area (Å²) < 4.78 is 29.7. The molecule has 0 saturated carbocycles. The monoisotopic (exact) mass is 255 g/mol. The minimum Gasteiger partial charge on any atom is -0.477 e. The average molecular weight is 255 g/mol. The van der Waals surface area contributed by atoms with Gasteiger partial charge in [-0.1, -0.05) is 0 Å². The summed E-state index contributed by atoms with van der Waals surface area (Å²) in [5.41, 5.74) is 5.64. The standard InChI is InChI=1S/C8H18N2O5S/c1-10(2,3)7(8(11)12)6(9)4-5-16(13,14)15/h6-7H,4-5,9H2,1-3H3,(H-,11,12,13,14,15)/p+1. The SMILES string of the molecule is C[N+](C)(C)C(C(=O)O)C(N)CCS(=O)(=O)O. The van der Waals surface area contributed by atoms with Crippen molar-refractivity contribution in [2.24, 2.45) is 5.73 Å². The number of nitrogens with zero attached hydrogens (tertiary/aromatic N) is 1. The van der Waals surface area contributed by atoms with Crippen LogP contribution in [0.1, 0.15) is 6.42 Å². The number of hydrogen-bond donors (Lipinski definition) is 3. The van der Waals surface area contributed by atoms with Gasteiger partial charge < -0.3 is 15.3 Å². The molecule has 0 aliphatic heterocycles. The van der Waals surface area contributed by atoms with E-state index >= 15 is 0 Å². The molecule has 96 valence electrons. The van der Waals surface area contributed by atoms with Crippen LogP contribution in [-0.2, 0) is 14.9 Å². The van der Waals surface area contributed by atoms with Gasteiger partial charge in [-0.2, -0.15) is 8.42 Å². The number of nitrogens with two attached hydrogens (primary N) is 1. The number of aliphatic carboxylic acids is 1. The lowest BCUT2D eigenvalue weighted by molar-refractivity contribution is -0.888. The van der Waals surface area contributed by atoms with Crippen LogP contribution in [0.25, 0.3) is 0 Å². The van der Waals surface area contributed by atoms with Crippen molar-refractivity contribution in [3.05, 3.63) is 0 Å². The maximum absolute atomic E-state index is 11.0. The highest BCUT2D eigenvalue weighted by molar-refractivity contribution is 7.85. The molecule has 8 heteroatoms. The molecule has 0 heterocycles. The molecule has 7 nitrogen and oxygen atoms in total. The average Bonchev–Trinajstić information content (AvgIpc) is 1.95. The smallest absolute Gasteiger partial charge is 0.364 e. The summed E-state index contributed by atoms with van der Waals surface area (Å²) in [6.45, 7) is 0. The Kier molecular flexibility index (Phi) is 4.86. The third-order valence-electron chi connectivity index (χ3n) is 2.20. The lowest BCUT2D eigenvalue weighted by atomic mass is 10.0. The summed E-state index contributed by atoms with van der Waals surface area (Å²) in [6.07, 6.45) is -0.0919. The van der Waals surface area contributed by atoms with Gasteiger partial charge in [0.1, 0.15) is 0 Å². The molecule has 0 fully saturated rings. The van der Waals surface area contributed by atoms with Crippen LogP contribution < -0.4 is 5.73 Å². The van der Waals surface area contributed by atoms with E-state index < -0.39 is 33.9 Å². The Balaban J connectivity index is 4.66. The van der Waals surface area contributed by atoms with E-state index in [1.807, 2.05) is 0 Å². The van der Waals surface area contributed by atoms with Crippen LogP contribution in [0.5, 0.6) is 0 Å². The first kappa shape index (κ1) is 15.3. The topological polar surface area (TPSA) is 118 Å². The van der Waals surface area contributed by atoms with Gasteiger partial charge in [-0.05, 0) is 6.42 Å². The van der Waals surface area contributed by atoms with E-state index in [9.17, 15) is 13.2 Å². The van der Waals surface area contributed by atoms with E-state index in [1.165, 1.54) is 0 Å². The lowest BCUT2D eigenvalue weighted by Crippen LogP contribution is -2.59. The number of likely N-dealkylation sites (N-methyl/N-ethyl adjacent to an activating group) is 1. The highest BCUT2D eigenvalue weighted by atomic mass is 32.2. The largest absolute Gasteiger partial charge is 0.477 e. The van der Waals surface area contributed by atoms with E-state index in [2.05, 4.69) is 0 Å². The minimum atomic E-state index is -4.10. The molecular formula is C8H19N2O5S+. The Bertz CT molecular complexity index is 346. The van der Waals surface area contributed by atoms with Crippen molar-refractivity contribution in [2.75, 3.05) is 26.9 Å². The van der Waals surface area contributed by atoms with Crippen LogP contribution >= 0.6 is 0 Å². The van der Waals surface area contributed by atoms with Crippen LogP contribution in [0.4, 0.5) is 0 Å². The second-order valence-electron chi connectivity index (χ2n) is 4.64. The first-order chi connectivity index (χ1) is 6.95. The molecule has 0 aliphatic rings.